The summed E-state index contributed by atoms with van der Waals surface area (Å²) < 4.78 is 5.19. The van der Waals surface area contributed by atoms with Crippen molar-refractivity contribution in [3.63, 3.8) is 0 Å². The van der Waals surface area contributed by atoms with E-state index in [4.69, 9.17) is 4.74 Å². The molecule has 0 aliphatic heterocycles. The predicted octanol–water partition coefficient (Wildman–Crippen LogP) is 2.55. The highest BCUT2D eigenvalue weighted by Crippen LogP contribution is 2.23. The summed E-state index contributed by atoms with van der Waals surface area (Å²) in [6.07, 6.45) is 2.11. The molecule has 0 N–H and O–H groups in total. The number of rotatable bonds is 3. The molecule has 88 valence electrons. The van der Waals surface area contributed by atoms with E-state index in [-0.39, 0.29) is 17.3 Å². The molecule has 0 saturated carbocycles. The lowest BCUT2D eigenvalue weighted by Gasteiger charge is -2.15. The van der Waals surface area contributed by atoms with Gasteiger partial charge in [-0.25, -0.2) is 0 Å². The van der Waals surface area contributed by atoms with Crippen molar-refractivity contribution in [3.05, 3.63) is 46.7 Å². The first-order valence-electron chi connectivity index (χ1n) is 5.73. The molecule has 0 radical (unpaired) electrons. The van der Waals surface area contributed by atoms with Gasteiger partial charge < -0.3 is 4.74 Å². The first-order valence-corrected chi connectivity index (χ1v) is 5.73. The number of hydrogen-bond donors (Lipinski definition) is 0. The van der Waals surface area contributed by atoms with Crippen LogP contribution >= 0.6 is 0 Å². The summed E-state index contributed by atoms with van der Waals surface area (Å²) in [5, 5.41) is 0. The van der Waals surface area contributed by atoms with Crippen molar-refractivity contribution in [3.8, 4) is 0 Å². The van der Waals surface area contributed by atoms with Gasteiger partial charge in [0.15, 0.2) is 11.5 Å². The number of ketones is 2. The smallest absolute Gasteiger partial charge is 0.228 e. The Balaban J connectivity index is 2.49. The Morgan fingerprint density at radius 3 is 2.53 bits per heavy atom. The van der Waals surface area contributed by atoms with Crippen LogP contribution in [0.15, 0.2) is 30.0 Å². The zero-order chi connectivity index (χ0) is 12.4. The van der Waals surface area contributed by atoms with Crippen LogP contribution in [-0.4, -0.2) is 18.2 Å². The van der Waals surface area contributed by atoms with E-state index in [0.717, 1.165) is 12.0 Å². The van der Waals surface area contributed by atoms with Gasteiger partial charge in [-0.05, 0) is 25.0 Å². The van der Waals surface area contributed by atoms with Gasteiger partial charge in [-0.15, -0.1) is 0 Å². The van der Waals surface area contributed by atoms with Crippen LogP contribution in [0.4, 0.5) is 0 Å². The van der Waals surface area contributed by atoms with Crippen molar-refractivity contribution < 1.29 is 14.3 Å². The number of ether oxygens (including phenoxy) is 1. The van der Waals surface area contributed by atoms with Gasteiger partial charge in [0.25, 0.3) is 0 Å². The van der Waals surface area contributed by atoms with Crippen LogP contribution in [0.2, 0.25) is 0 Å². The fraction of sp³-hybridized carbons (Fsp3) is 0.286. The quantitative estimate of drug-likeness (QED) is 0.801. The number of carbonyl (C=O) groups excluding carboxylic acids is 2. The molecule has 3 heteroatoms. The van der Waals surface area contributed by atoms with Crippen molar-refractivity contribution in [1.29, 1.82) is 0 Å². The Labute approximate surface area is 100 Å². The second-order valence-corrected chi connectivity index (χ2v) is 3.87. The molecule has 0 spiro atoms. The molecule has 0 heterocycles. The molecule has 3 nitrogen and oxygen atoms in total. The summed E-state index contributed by atoms with van der Waals surface area (Å²) in [4.78, 5) is 23.9. The summed E-state index contributed by atoms with van der Waals surface area (Å²) in [6, 6.07) is 5.37. The van der Waals surface area contributed by atoms with Gasteiger partial charge in [0.05, 0.1) is 6.61 Å². The molecule has 0 unspecified atom stereocenters. The number of allylic oxidation sites excluding steroid dienone is 2. The predicted molar refractivity (Wildman–Crippen MR) is 64.2 cm³/mol. The summed E-state index contributed by atoms with van der Waals surface area (Å²) in [5.74, 6) is -0.208. The highest BCUT2D eigenvalue weighted by molar-refractivity contribution is 6.23. The first-order chi connectivity index (χ1) is 8.17. The molecular weight excluding hydrogens is 216 g/mol. The maximum absolute atomic E-state index is 12.1. The maximum Gasteiger partial charge on any atom is 0.228 e. The number of aryl methyl sites for hydroxylation is 1. The average molecular weight is 230 g/mol. The third kappa shape index (κ3) is 2.00. The lowest BCUT2D eigenvalue weighted by Crippen LogP contribution is -2.19. The van der Waals surface area contributed by atoms with Gasteiger partial charge >= 0.3 is 0 Å². The van der Waals surface area contributed by atoms with E-state index < -0.39 is 0 Å². The Hall–Kier alpha value is -1.90. The number of benzene rings is 1. The molecule has 2 rings (SSSR count). The molecule has 0 bridgehead atoms. The van der Waals surface area contributed by atoms with Crippen LogP contribution < -0.4 is 0 Å². The molecule has 0 aromatic heterocycles. The molecule has 0 fully saturated rings. The van der Waals surface area contributed by atoms with E-state index in [1.165, 1.54) is 6.08 Å². The van der Waals surface area contributed by atoms with Crippen LogP contribution in [-0.2, 0) is 11.2 Å². The van der Waals surface area contributed by atoms with Crippen LogP contribution in [0, 0.1) is 0 Å². The summed E-state index contributed by atoms with van der Waals surface area (Å²) in [7, 11) is 0. The van der Waals surface area contributed by atoms with E-state index in [1.807, 2.05) is 13.0 Å². The molecule has 0 saturated heterocycles. The molecular formula is C14H14O3. The Morgan fingerprint density at radius 1 is 1.12 bits per heavy atom. The minimum absolute atomic E-state index is 0.151. The third-order valence-electron chi connectivity index (χ3n) is 2.79. The normalized spacial score (nSPS) is 14.4. The van der Waals surface area contributed by atoms with Crippen LogP contribution in [0.25, 0.3) is 0 Å². The lowest BCUT2D eigenvalue weighted by molar-refractivity contribution is 0.0891. The Kier molecular flexibility index (Phi) is 3.09. The Morgan fingerprint density at radius 2 is 1.88 bits per heavy atom. The minimum atomic E-state index is -0.197. The third-order valence-corrected chi connectivity index (χ3v) is 2.79. The average Bonchev–Trinajstić information content (AvgIpc) is 2.35. The number of hydrogen-bond acceptors (Lipinski definition) is 3. The molecule has 1 aromatic carbocycles. The van der Waals surface area contributed by atoms with E-state index in [1.54, 1.807) is 19.1 Å². The fourth-order valence-electron chi connectivity index (χ4n) is 1.87. The topological polar surface area (TPSA) is 43.4 Å². The van der Waals surface area contributed by atoms with Crippen molar-refractivity contribution in [2.45, 2.75) is 20.3 Å². The standard InChI is InChI=1S/C14H14O3/c1-3-9-5-6-10-11(7-9)14(16)13(17-4-2)8-12(10)15/h5-8H,3-4H2,1-2H3. The lowest BCUT2D eigenvalue weighted by atomic mass is 9.91. The zero-order valence-corrected chi connectivity index (χ0v) is 9.95. The van der Waals surface area contributed by atoms with Crippen molar-refractivity contribution >= 4 is 11.6 Å². The molecule has 0 atom stereocenters. The SMILES string of the molecule is CCOC1=CC(=O)c2ccc(CC)cc2C1=O. The first kappa shape index (κ1) is 11.6. The highest BCUT2D eigenvalue weighted by Gasteiger charge is 2.26. The van der Waals surface area contributed by atoms with E-state index in [9.17, 15) is 9.59 Å². The number of Topliss-reactive ketones (excluding diaryl/α,β-unsaturated/α-hetero) is 1. The number of fused-ring (bicyclic) bond motifs is 1. The second-order valence-electron chi connectivity index (χ2n) is 3.87. The van der Waals surface area contributed by atoms with E-state index in [0.29, 0.717) is 17.7 Å². The molecule has 1 aliphatic carbocycles. The van der Waals surface area contributed by atoms with E-state index in [2.05, 4.69) is 0 Å². The van der Waals surface area contributed by atoms with Gasteiger partial charge in [0.1, 0.15) is 0 Å². The fourth-order valence-corrected chi connectivity index (χ4v) is 1.87. The van der Waals surface area contributed by atoms with E-state index >= 15 is 0 Å². The van der Waals surface area contributed by atoms with Crippen molar-refractivity contribution in [1.82, 2.24) is 0 Å². The van der Waals surface area contributed by atoms with Crippen molar-refractivity contribution in [2.24, 2.45) is 0 Å². The maximum atomic E-state index is 12.1. The van der Waals surface area contributed by atoms with Gasteiger partial charge in [-0.3, -0.25) is 9.59 Å². The molecule has 1 aromatic rings. The van der Waals surface area contributed by atoms with Crippen LogP contribution in [0.5, 0.6) is 0 Å². The van der Waals surface area contributed by atoms with Crippen LogP contribution in [0.1, 0.15) is 40.1 Å². The molecule has 17 heavy (non-hydrogen) atoms. The highest BCUT2D eigenvalue weighted by atomic mass is 16.5. The van der Waals surface area contributed by atoms with Gasteiger partial charge in [-0.2, -0.15) is 0 Å². The largest absolute Gasteiger partial charge is 0.490 e. The summed E-state index contributed by atoms with van der Waals surface area (Å²) in [6.45, 7) is 4.18. The van der Waals surface area contributed by atoms with Gasteiger partial charge in [-0.1, -0.05) is 19.1 Å². The van der Waals surface area contributed by atoms with Gasteiger partial charge in [0.2, 0.25) is 5.78 Å². The monoisotopic (exact) mass is 230 g/mol. The second kappa shape index (κ2) is 4.53. The zero-order valence-electron chi connectivity index (χ0n) is 9.95. The number of carbonyl (C=O) groups is 2. The summed E-state index contributed by atoms with van der Waals surface area (Å²) >= 11 is 0. The minimum Gasteiger partial charge on any atom is -0.490 e. The molecule has 0 amide bonds. The summed E-state index contributed by atoms with van der Waals surface area (Å²) in [5.41, 5.74) is 1.97. The van der Waals surface area contributed by atoms with Crippen molar-refractivity contribution in [2.75, 3.05) is 6.61 Å². The van der Waals surface area contributed by atoms with Gasteiger partial charge in [0, 0.05) is 17.2 Å². The van der Waals surface area contributed by atoms with Crippen LogP contribution in [0.3, 0.4) is 0 Å². The molecule has 1 aliphatic rings. The Bertz CT molecular complexity index is 512.